The summed E-state index contributed by atoms with van der Waals surface area (Å²) in [5.41, 5.74) is 0.982. The lowest BCUT2D eigenvalue weighted by Crippen LogP contribution is -2.66. The summed E-state index contributed by atoms with van der Waals surface area (Å²) in [4.78, 5) is 30.6. The molecule has 0 spiro atoms. The van der Waals surface area contributed by atoms with E-state index in [1.807, 2.05) is 39.0 Å². The Morgan fingerprint density at radius 2 is 2.00 bits per heavy atom. The van der Waals surface area contributed by atoms with Gasteiger partial charge in [0.1, 0.15) is 5.54 Å². The number of carbonyl (C=O) groups excluding carboxylic acids is 2. The number of hydrogen-bond donors (Lipinski definition) is 1. The fraction of sp³-hybridized carbons (Fsp3) is 0.533. The Hall–Kier alpha value is -1.91. The highest BCUT2D eigenvalue weighted by molar-refractivity contribution is 5.97. The third-order valence-corrected chi connectivity index (χ3v) is 4.08. The van der Waals surface area contributed by atoms with Crippen molar-refractivity contribution in [3.05, 3.63) is 29.6 Å². The minimum atomic E-state index is -0.749. The number of pyridine rings is 1. The average Bonchev–Trinajstić information content (AvgIpc) is 2.44. The van der Waals surface area contributed by atoms with Gasteiger partial charge in [-0.3, -0.25) is 14.6 Å². The van der Waals surface area contributed by atoms with Crippen LogP contribution in [0.15, 0.2) is 18.2 Å². The molecule has 0 aliphatic carbocycles. The second kappa shape index (κ2) is 5.61. The number of piperazine rings is 1. The van der Waals surface area contributed by atoms with Gasteiger partial charge in [0, 0.05) is 5.69 Å². The van der Waals surface area contributed by atoms with Crippen molar-refractivity contribution in [1.29, 1.82) is 0 Å². The van der Waals surface area contributed by atoms with Gasteiger partial charge in [-0.15, -0.1) is 0 Å². The predicted octanol–water partition coefficient (Wildman–Crippen LogP) is 1.41. The van der Waals surface area contributed by atoms with Gasteiger partial charge in [-0.05, 0) is 31.9 Å². The number of rotatable bonds is 4. The summed E-state index contributed by atoms with van der Waals surface area (Å²) >= 11 is 0. The van der Waals surface area contributed by atoms with E-state index in [2.05, 4.69) is 10.3 Å². The zero-order valence-electron chi connectivity index (χ0n) is 12.3. The average molecular weight is 275 g/mol. The molecule has 1 N–H and O–H groups in total. The molecule has 1 aliphatic heterocycles. The Morgan fingerprint density at radius 1 is 1.30 bits per heavy atom. The summed E-state index contributed by atoms with van der Waals surface area (Å²) < 4.78 is 0. The van der Waals surface area contributed by atoms with E-state index in [9.17, 15) is 9.59 Å². The summed E-state index contributed by atoms with van der Waals surface area (Å²) in [6.07, 6.45) is 1.21. The first-order valence-electron chi connectivity index (χ1n) is 7.04. The van der Waals surface area contributed by atoms with Crippen molar-refractivity contribution in [3.63, 3.8) is 0 Å². The number of nitrogens with one attached hydrogen (secondary N) is 1. The normalized spacial score (nSPS) is 18.1. The Kier molecular flexibility index (Phi) is 4.06. The topological polar surface area (TPSA) is 62.3 Å². The van der Waals surface area contributed by atoms with Crippen molar-refractivity contribution in [3.8, 4) is 0 Å². The second-order valence-electron chi connectivity index (χ2n) is 5.17. The van der Waals surface area contributed by atoms with Gasteiger partial charge >= 0.3 is 0 Å². The molecule has 2 amide bonds. The SMILES string of the molecule is CCC1(CC)C(=O)NCC(=O)N1Cc1cccc(C)n1. The fourth-order valence-corrected chi connectivity index (χ4v) is 2.82. The number of nitrogens with zero attached hydrogens (tertiary/aromatic N) is 2. The second-order valence-corrected chi connectivity index (χ2v) is 5.17. The van der Waals surface area contributed by atoms with Crippen LogP contribution in [0.1, 0.15) is 38.1 Å². The van der Waals surface area contributed by atoms with Gasteiger partial charge in [0.2, 0.25) is 11.8 Å². The zero-order valence-corrected chi connectivity index (χ0v) is 12.3. The van der Waals surface area contributed by atoms with Crippen molar-refractivity contribution in [2.24, 2.45) is 0 Å². The summed E-state index contributed by atoms with van der Waals surface area (Å²) in [5, 5.41) is 2.70. The van der Waals surface area contributed by atoms with Crippen LogP contribution in [0.4, 0.5) is 0 Å². The van der Waals surface area contributed by atoms with Crippen molar-refractivity contribution in [1.82, 2.24) is 15.2 Å². The Morgan fingerprint density at radius 3 is 2.60 bits per heavy atom. The van der Waals surface area contributed by atoms with Crippen LogP contribution in [0.2, 0.25) is 0 Å². The minimum absolute atomic E-state index is 0.0448. The molecule has 1 aliphatic rings. The first-order valence-corrected chi connectivity index (χ1v) is 7.04. The smallest absolute Gasteiger partial charge is 0.246 e. The van der Waals surface area contributed by atoms with Gasteiger partial charge in [-0.2, -0.15) is 0 Å². The van der Waals surface area contributed by atoms with E-state index in [-0.39, 0.29) is 18.4 Å². The van der Waals surface area contributed by atoms with Gasteiger partial charge in [0.25, 0.3) is 0 Å². The molecule has 1 aromatic rings. The molecule has 5 nitrogen and oxygen atoms in total. The van der Waals surface area contributed by atoms with Gasteiger partial charge in [-0.1, -0.05) is 19.9 Å². The van der Waals surface area contributed by atoms with Gasteiger partial charge < -0.3 is 10.2 Å². The molecule has 1 fully saturated rings. The van der Waals surface area contributed by atoms with Gasteiger partial charge in [0.15, 0.2) is 0 Å². The number of carbonyl (C=O) groups is 2. The lowest BCUT2D eigenvalue weighted by Gasteiger charge is -2.44. The Labute approximate surface area is 119 Å². The van der Waals surface area contributed by atoms with E-state index < -0.39 is 5.54 Å². The van der Waals surface area contributed by atoms with Crippen LogP contribution < -0.4 is 5.32 Å². The molecule has 0 aromatic carbocycles. The van der Waals surface area contributed by atoms with Crippen LogP contribution in [0, 0.1) is 6.92 Å². The van der Waals surface area contributed by atoms with E-state index in [1.54, 1.807) is 4.90 Å². The van der Waals surface area contributed by atoms with Gasteiger partial charge in [-0.25, -0.2) is 0 Å². The highest BCUT2D eigenvalue weighted by Gasteiger charge is 2.46. The van der Waals surface area contributed by atoms with E-state index in [0.717, 1.165) is 11.4 Å². The van der Waals surface area contributed by atoms with Crippen molar-refractivity contribution >= 4 is 11.8 Å². The summed E-state index contributed by atoms with van der Waals surface area (Å²) in [7, 11) is 0. The molecule has 0 unspecified atom stereocenters. The third kappa shape index (κ3) is 2.40. The monoisotopic (exact) mass is 275 g/mol. The standard InChI is InChI=1S/C15H21N3O2/c1-4-15(5-2)14(20)16-9-13(19)18(15)10-12-8-6-7-11(3)17-12/h6-8H,4-5,9-10H2,1-3H3,(H,16,20). The maximum absolute atomic E-state index is 12.3. The molecule has 0 bridgehead atoms. The molecular formula is C15H21N3O2. The molecule has 20 heavy (non-hydrogen) atoms. The molecule has 108 valence electrons. The largest absolute Gasteiger partial charge is 0.345 e. The first-order chi connectivity index (χ1) is 9.53. The van der Waals surface area contributed by atoms with Crippen LogP contribution >= 0.6 is 0 Å². The number of aromatic nitrogens is 1. The zero-order chi connectivity index (χ0) is 14.8. The molecule has 1 saturated heterocycles. The predicted molar refractivity (Wildman–Crippen MR) is 75.8 cm³/mol. The van der Waals surface area contributed by atoms with Crippen LogP contribution in [-0.4, -0.2) is 33.8 Å². The molecule has 0 saturated carbocycles. The summed E-state index contributed by atoms with van der Waals surface area (Å²) in [6, 6.07) is 5.73. The maximum Gasteiger partial charge on any atom is 0.246 e. The van der Waals surface area contributed by atoms with Crippen LogP contribution in [0.3, 0.4) is 0 Å². The van der Waals surface area contributed by atoms with Crippen molar-refractivity contribution < 1.29 is 9.59 Å². The Bertz CT molecular complexity index is 524. The number of aryl methyl sites for hydroxylation is 1. The molecule has 5 heteroatoms. The maximum atomic E-state index is 12.3. The lowest BCUT2D eigenvalue weighted by atomic mass is 9.87. The quantitative estimate of drug-likeness (QED) is 0.903. The van der Waals surface area contributed by atoms with E-state index in [1.165, 1.54) is 0 Å². The molecular weight excluding hydrogens is 254 g/mol. The molecule has 2 rings (SSSR count). The molecule has 0 radical (unpaired) electrons. The fourth-order valence-electron chi connectivity index (χ4n) is 2.82. The van der Waals surface area contributed by atoms with Gasteiger partial charge in [0.05, 0.1) is 18.8 Å². The highest BCUT2D eigenvalue weighted by atomic mass is 16.2. The molecule has 1 aromatic heterocycles. The van der Waals surface area contributed by atoms with Crippen molar-refractivity contribution in [2.75, 3.05) is 6.54 Å². The van der Waals surface area contributed by atoms with Crippen LogP contribution in [0.25, 0.3) is 0 Å². The Balaban J connectivity index is 2.34. The van der Waals surface area contributed by atoms with Crippen molar-refractivity contribution in [2.45, 2.75) is 45.7 Å². The lowest BCUT2D eigenvalue weighted by molar-refractivity contribution is -0.155. The van der Waals surface area contributed by atoms with Crippen LogP contribution in [0.5, 0.6) is 0 Å². The molecule has 2 heterocycles. The minimum Gasteiger partial charge on any atom is -0.345 e. The summed E-state index contributed by atoms with van der Waals surface area (Å²) in [5.74, 6) is -0.105. The first kappa shape index (κ1) is 14.5. The summed E-state index contributed by atoms with van der Waals surface area (Å²) in [6.45, 7) is 6.26. The van der Waals surface area contributed by atoms with Crippen LogP contribution in [-0.2, 0) is 16.1 Å². The van der Waals surface area contributed by atoms with E-state index in [0.29, 0.717) is 19.4 Å². The number of hydrogen-bond acceptors (Lipinski definition) is 3. The third-order valence-electron chi connectivity index (χ3n) is 4.08. The highest BCUT2D eigenvalue weighted by Crippen LogP contribution is 2.28. The van der Waals surface area contributed by atoms with E-state index in [4.69, 9.17) is 0 Å². The van der Waals surface area contributed by atoms with E-state index >= 15 is 0 Å². The number of amides is 2. The molecule has 0 atom stereocenters.